The number of carbonyl (C=O) groups is 1. The van der Waals surface area contributed by atoms with Crippen molar-refractivity contribution in [3.63, 3.8) is 0 Å². The van der Waals surface area contributed by atoms with Crippen molar-refractivity contribution < 1.29 is 9.53 Å². The van der Waals surface area contributed by atoms with E-state index in [1.165, 1.54) is 0 Å². The van der Waals surface area contributed by atoms with Crippen LogP contribution in [0.4, 0.5) is 0 Å². The van der Waals surface area contributed by atoms with Gasteiger partial charge in [-0.1, -0.05) is 48.5 Å². The van der Waals surface area contributed by atoms with E-state index in [9.17, 15) is 4.79 Å². The van der Waals surface area contributed by atoms with Crippen LogP contribution in [0.15, 0.2) is 54.6 Å². The summed E-state index contributed by atoms with van der Waals surface area (Å²) < 4.78 is 5.24. The molecule has 104 valence electrons. The molecule has 0 saturated carbocycles. The van der Waals surface area contributed by atoms with Crippen LogP contribution in [0.5, 0.6) is 5.75 Å². The lowest BCUT2D eigenvalue weighted by atomic mass is 10.1. The van der Waals surface area contributed by atoms with Crippen molar-refractivity contribution in [2.45, 2.75) is 12.6 Å². The van der Waals surface area contributed by atoms with E-state index in [1.807, 2.05) is 54.6 Å². The zero-order valence-corrected chi connectivity index (χ0v) is 11.4. The van der Waals surface area contributed by atoms with E-state index in [4.69, 9.17) is 10.5 Å². The predicted molar refractivity (Wildman–Crippen MR) is 78.2 cm³/mol. The van der Waals surface area contributed by atoms with Crippen molar-refractivity contribution in [3.8, 4) is 5.75 Å². The van der Waals surface area contributed by atoms with Crippen molar-refractivity contribution in [3.05, 3.63) is 65.7 Å². The summed E-state index contributed by atoms with van der Waals surface area (Å²) in [6.45, 7) is 0.392. The highest BCUT2D eigenvalue weighted by Gasteiger charge is 2.15. The van der Waals surface area contributed by atoms with E-state index >= 15 is 0 Å². The average Bonchev–Trinajstić information content (AvgIpc) is 2.53. The summed E-state index contributed by atoms with van der Waals surface area (Å²) in [7, 11) is 1.61. The van der Waals surface area contributed by atoms with Crippen molar-refractivity contribution >= 4 is 5.91 Å². The fourth-order valence-electron chi connectivity index (χ4n) is 1.95. The monoisotopic (exact) mass is 270 g/mol. The molecule has 0 aliphatic rings. The van der Waals surface area contributed by atoms with Crippen LogP contribution in [0.3, 0.4) is 0 Å². The number of methoxy groups -OCH3 is 1. The van der Waals surface area contributed by atoms with Crippen LogP contribution in [0.25, 0.3) is 0 Å². The first kappa shape index (κ1) is 14.1. The van der Waals surface area contributed by atoms with Gasteiger partial charge in [0.25, 0.3) is 0 Å². The first-order valence-corrected chi connectivity index (χ1v) is 6.42. The summed E-state index contributed by atoms with van der Waals surface area (Å²) in [6.07, 6.45) is 0. The molecular weight excluding hydrogens is 252 g/mol. The standard InChI is InChI=1S/C16H18N2O2/c1-20-14-10-6-5-9-13(14)11-18-16(19)15(17)12-7-3-2-4-8-12/h2-10,15H,11,17H2,1H3,(H,18,19)/t15-/m0/s1. The molecule has 0 aromatic heterocycles. The van der Waals surface area contributed by atoms with Gasteiger partial charge in [-0.2, -0.15) is 0 Å². The summed E-state index contributed by atoms with van der Waals surface area (Å²) in [5, 5.41) is 2.83. The minimum Gasteiger partial charge on any atom is -0.496 e. The number of amides is 1. The molecule has 3 N–H and O–H groups in total. The molecule has 0 aliphatic carbocycles. The van der Waals surface area contributed by atoms with Crippen molar-refractivity contribution in [2.75, 3.05) is 7.11 Å². The van der Waals surface area contributed by atoms with Crippen LogP contribution in [0, 0.1) is 0 Å². The summed E-state index contributed by atoms with van der Waals surface area (Å²) in [6, 6.07) is 16.2. The molecule has 20 heavy (non-hydrogen) atoms. The number of rotatable bonds is 5. The van der Waals surface area contributed by atoms with E-state index in [0.29, 0.717) is 6.54 Å². The third-order valence-electron chi connectivity index (χ3n) is 3.09. The topological polar surface area (TPSA) is 64.3 Å². The molecule has 1 atom stereocenters. The molecule has 0 fully saturated rings. The fraction of sp³-hybridized carbons (Fsp3) is 0.188. The second-order valence-corrected chi connectivity index (χ2v) is 4.42. The highest BCUT2D eigenvalue weighted by Crippen LogP contribution is 2.17. The number of hydrogen-bond donors (Lipinski definition) is 2. The zero-order valence-electron chi connectivity index (χ0n) is 11.4. The molecule has 0 spiro atoms. The number of nitrogens with one attached hydrogen (secondary N) is 1. The third kappa shape index (κ3) is 3.36. The van der Waals surface area contributed by atoms with E-state index in [1.54, 1.807) is 7.11 Å². The van der Waals surface area contributed by atoms with E-state index in [0.717, 1.165) is 16.9 Å². The van der Waals surface area contributed by atoms with E-state index in [-0.39, 0.29) is 5.91 Å². The molecule has 2 aromatic rings. The van der Waals surface area contributed by atoms with Gasteiger partial charge in [0, 0.05) is 12.1 Å². The van der Waals surface area contributed by atoms with Gasteiger partial charge in [-0.15, -0.1) is 0 Å². The smallest absolute Gasteiger partial charge is 0.241 e. The van der Waals surface area contributed by atoms with E-state index in [2.05, 4.69) is 5.32 Å². The maximum atomic E-state index is 12.0. The molecule has 4 heteroatoms. The van der Waals surface area contributed by atoms with Crippen LogP contribution in [-0.2, 0) is 11.3 Å². The van der Waals surface area contributed by atoms with E-state index < -0.39 is 6.04 Å². The summed E-state index contributed by atoms with van der Waals surface area (Å²) in [4.78, 5) is 12.0. The largest absolute Gasteiger partial charge is 0.496 e. The molecule has 0 bridgehead atoms. The zero-order chi connectivity index (χ0) is 14.4. The number of para-hydroxylation sites is 1. The van der Waals surface area contributed by atoms with Gasteiger partial charge in [0.15, 0.2) is 0 Å². The lowest BCUT2D eigenvalue weighted by molar-refractivity contribution is -0.122. The third-order valence-corrected chi connectivity index (χ3v) is 3.09. The number of carbonyl (C=O) groups excluding carboxylic acids is 1. The first-order valence-electron chi connectivity index (χ1n) is 6.42. The van der Waals surface area contributed by atoms with Gasteiger partial charge in [-0.25, -0.2) is 0 Å². The molecule has 0 saturated heterocycles. The van der Waals surface area contributed by atoms with Crippen LogP contribution in [0.2, 0.25) is 0 Å². The van der Waals surface area contributed by atoms with Crippen molar-refractivity contribution in [1.29, 1.82) is 0 Å². The van der Waals surface area contributed by atoms with Gasteiger partial charge in [-0.3, -0.25) is 4.79 Å². The average molecular weight is 270 g/mol. The second-order valence-electron chi connectivity index (χ2n) is 4.42. The van der Waals surface area contributed by atoms with Crippen LogP contribution >= 0.6 is 0 Å². The summed E-state index contributed by atoms with van der Waals surface area (Å²) in [5.74, 6) is 0.545. The maximum absolute atomic E-state index is 12.0. The molecular formula is C16H18N2O2. The second kappa shape index (κ2) is 6.73. The maximum Gasteiger partial charge on any atom is 0.241 e. The van der Waals surface area contributed by atoms with Gasteiger partial charge in [-0.05, 0) is 11.6 Å². The lowest BCUT2D eigenvalue weighted by Crippen LogP contribution is -2.33. The predicted octanol–water partition coefficient (Wildman–Crippen LogP) is 2.01. The molecule has 0 heterocycles. The number of hydrogen-bond acceptors (Lipinski definition) is 3. The quantitative estimate of drug-likeness (QED) is 0.873. The van der Waals surface area contributed by atoms with Gasteiger partial charge >= 0.3 is 0 Å². The fourth-order valence-corrected chi connectivity index (χ4v) is 1.95. The minimum absolute atomic E-state index is 0.206. The van der Waals surface area contributed by atoms with Gasteiger partial charge < -0.3 is 15.8 Å². The molecule has 4 nitrogen and oxygen atoms in total. The molecule has 0 unspecified atom stereocenters. The summed E-state index contributed by atoms with van der Waals surface area (Å²) in [5.41, 5.74) is 7.65. The first-order chi connectivity index (χ1) is 9.72. The van der Waals surface area contributed by atoms with Crippen LogP contribution in [-0.4, -0.2) is 13.0 Å². The summed E-state index contributed by atoms with van der Waals surface area (Å²) >= 11 is 0. The Kier molecular flexibility index (Phi) is 4.74. The van der Waals surface area contributed by atoms with Crippen LogP contribution in [0.1, 0.15) is 17.2 Å². The highest BCUT2D eigenvalue weighted by molar-refractivity contribution is 5.82. The molecule has 2 rings (SSSR count). The van der Waals surface area contributed by atoms with Crippen molar-refractivity contribution in [1.82, 2.24) is 5.32 Å². The number of benzene rings is 2. The normalized spacial score (nSPS) is 11.7. The molecule has 1 amide bonds. The van der Waals surface area contributed by atoms with Gasteiger partial charge in [0.1, 0.15) is 11.8 Å². The SMILES string of the molecule is COc1ccccc1CNC(=O)[C@@H](N)c1ccccc1. The highest BCUT2D eigenvalue weighted by atomic mass is 16.5. The minimum atomic E-state index is -0.661. The molecule has 2 aromatic carbocycles. The Morgan fingerprint density at radius 1 is 1.15 bits per heavy atom. The van der Waals surface area contributed by atoms with Gasteiger partial charge in [0.05, 0.1) is 7.11 Å². The van der Waals surface area contributed by atoms with Crippen molar-refractivity contribution in [2.24, 2.45) is 5.73 Å². The number of nitrogens with two attached hydrogens (primary N) is 1. The Balaban J connectivity index is 1.99. The Bertz CT molecular complexity index is 570. The molecule has 0 aliphatic heterocycles. The Morgan fingerprint density at radius 3 is 2.50 bits per heavy atom. The Morgan fingerprint density at radius 2 is 1.80 bits per heavy atom. The van der Waals surface area contributed by atoms with Gasteiger partial charge in [0.2, 0.25) is 5.91 Å². The molecule has 0 radical (unpaired) electrons. The van der Waals surface area contributed by atoms with Crippen LogP contribution < -0.4 is 15.8 Å². The lowest BCUT2D eigenvalue weighted by Gasteiger charge is -2.14. The Hall–Kier alpha value is -2.33. The Labute approximate surface area is 118 Å². The number of ether oxygens (including phenoxy) is 1.